The van der Waals surface area contributed by atoms with Gasteiger partial charge in [-0.25, -0.2) is 9.97 Å². The summed E-state index contributed by atoms with van der Waals surface area (Å²) in [6.07, 6.45) is 3.46. The lowest BCUT2D eigenvalue weighted by atomic mass is 9.95. The van der Waals surface area contributed by atoms with Gasteiger partial charge in [-0.3, -0.25) is 15.0 Å². The van der Waals surface area contributed by atoms with Crippen molar-refractivity contribution < 1.29 is 9.59 Å². The van der Waals surface area contributed by atoms with Crippen molar-refractivity contribution in [1.29, 1.82) is 0 Å². The fourth-order valence-electron chi connectivity index (χ4n) is 3.17. The number of amides is 2. The van der Waals surface area contributed by atoms with Gasteiger partial charge < -0.3 is 5.32 Å². The molecule has 7 nitrogen and oxygen atoms in total. The van der Waals surface area contributed by atoms with Gasteiger partial charge in [0.05, 0.1) is 16.3 Å². The van der Waals surface area contributed by atoms with Gasteiger partial charge in [-0.15, -0.1) is 11.3 Å². The van der Waals surface area contributed by atoms with Gasteiger partial charge in [0.25, 0.3) is 11.8 Å². The molecule has 1 fully saturated rings. The van der Waals surface area contributed by atoms with Crippen LogP contribution in [-0.2, 0) is 9.59 Å². The number of rotatable bonds is 4. The summed E-state index contributed by atoms with van der Waals surface area (Å²) in [6.45, 7) is 3.50. The summed E-state index contributed by atoms with van der Waals surface area (Å²) in [6, 6.07) is 5.97. The third kappa shape index (κ3) is 3.25. The molecule has 1 unspecified atom stereocenters. The zero-order valence-corrected chi connectivity index (χ0v) is 15.2. The zero-order chi connectivity index (χ0) is 18.1. The number of piperidine rings is 1. The van der Waals surface area contributed by atoms with Crippen LogP contribution in [0.4, 0.5) is 5.95 Å². The Labute approximate surface area is 155 Å². The zero-order valence-electron chi connectivity index (χ0n) is 14.4. The Kier molecular flexibility index (Phi) is 4.52. The van der Waals surface area contributed by atoms with Crippen molar-refractivity contribution in [3.8, 4) is 10.6 Å². The number of hydrogen-bond acceptors (Lipinski definition) is 7. The quantitative estimate of drug-likeness (QED) is 0.805. The molecular formula is C18H19N5O2S. The molecule has 0 aromatic carbocycles. The van der Waals surface area contributed by atoms with Crippen LogP contribution in [0.3, 0.4) is 0 Å². The van der Waals surface area contributed by atoms with E-state index in [1.807, 2.05) is 23.6 Å². The van der Waals surface area contributed by atoms with Crippen molar-refractivity contribution in [2.45, 2.75) is 25.7 Å². The van der Waals surface area contributed by atoms with Crippen molar-refractivity contribution in [3.05, 3.63) is 40.9 Å². The Morgan fingerprint density at radius 3 is 2.88 bits per heavy atom. The molecule has 2 aromatic heterocycles. The monoisotopic (exact) mass is 369 g/mol. The van der Waals surface area contributed by atoms with Crippen molar-refractivity contribution >= 4 is 29.1 Å². The SMILES string of the molecule is CC1=CC(=O)N(Nc2nc(-c3cccs3)cc(C3CCCNC3)n2)C1=O. The van der Waals surface area contributed by atoms with Crippen molar-refractivity contribution in [2.75, 3.05) is 18.5 Å². The maximum absolute atomic E-state index is 12.1. The van der Waals surface area contributed by atoms with Gasteiger partial charge in [0.2, 0.25) is 5.95 Å². The minimum atomic E-state index is -0.404. The lowest BCUT2D eigenvalue weighted by Gasteiger charge is -2.23. The summed E-state index contributed by atoms with van der Waals surface area (Å²) < 4.78 is 0. The molecule has 26 heavy (non-hydrogen) atoms. The van der Waals surface area contributed by atoms with Crippen molar-refractivity contribution in [1.82, 2.24) is 20.3 Å². The van der Waals surface area contributed by atoms with Crippen LogP contribution in [0.25, 0.3) is 10.6 Å². The molecule has 0 spiro atoms. The van der Waals surface area contributed by atoms with E-state index >= 15 is 0 Å². The van der Waals surface area contributed by atoms with Gasteiger partial charge in [0, 0.05) is 24.1 Å². The Balaban J connectivity index is 1.68. The maximum Gasteiger partial charge on any atom is 0.275 e. The van der Waals surface area contributed by atoms with Gasteiger partial charge in [-0.1, -0.05) is 6.07 Å². The highest BCUT2D eigenvalue weighted by Gasteiger charge is 2.30. The molecule has 1 atom stereocenters. The van der Waals surface area contributed by atoms with Crippen LogP contribution < -0.4 is 10.7 Å². The van der Waals surface area contributed by atoms with E-state index in [2.05, 4.69) is 20.7 Å². The molecule has 2 aliphatic rings. The van der Waals surface area contributed by atoms with Gasteiger partial charge in [0.1, 0.15) is 0 Å². The molecule has 1 saturated heterocycles. The first kappa shape index (κ1) is 16.9. The Morgan fingerprint density at radius 2 is 2.23 bits per heavy atom. The highest BCUT2D eigenvalue weighted by molar-refractivity contribution is 7.13. The number of hydrazine groups is 1. The molecule has 4 rings (SSSR count). The Hall–Kier alpha value is -2.58. The second kappa shape index (κ2) is 6.97. The smallest absolute Gasteiger partial charge is 0.275 e. The minimum Gasteiger partial charge on any atom is -0.316 e. The average Bonchev–Trinajstić information content (AvgIpc) is 3.27. The van der Waals surface area contributed by atoms with Gasteiger partial charge in [-0.05, 0) is 43.8 Å². The van der Waals surface area contributed by atoms with E-state index < -0.39 is 5.91 Å². The molecule has 2 aromatic rings. The molecule has 4 heterocycles. The molecule has 0 bridgehead atoms. The number of imide groups is 1. The molecular weight excluding hydrogens is 350 g/mol. The standard InChI is InChI=1S/C18H19N5O2S/c1-11-8-16(24)23(17(11)25)22-18-20-13(12-4-2-6-19-10-12)9-14(21-18)15-5-3-7-26-15/h3,5,7-9,12,19H,2,4,6,10H2,1H3,(H,20,21,22). The van der Waals surface area contributed by atoms with Crippen LogP contribution in [-0.4, -0.2) is 39.9 Å². The number of carbonyl (C=O) groups is 2. The lowest BCUT2D eigenvalue weighted by Crippen LogP contribution is -2.37. The second-order valence-electron chi connectivity index (χ2n) is 6.44. The van der Waals surface area contributed by atoms with Crippen LogP contribution in [0.5, 0.6) is 0 Å². The summed E-state index contributed by atoms with van der Waals surface area (Å²) in [4.78, 5) is 34.3. The number of anilines is 1. The largest absolute Gasteiger partial charge is 0.316 e. The minimum absolute atomic E-state index is 0.265. The molecule has 2 aliphatic heterocycles. The first-order chi connectivity index (χ1) is 12.6. The number of thiophene rings is 1. The summed E-state index contributed by atoms with van der Waals surface area (Å²) in [5.41, 5.74) is 4.91. The number of nitrogens with zero attached hydrogens (tertiary/aromatic N) is 3. The van der Waals surface area contributed by atoms with E-state index in [0.29, 0.717) is 5.57 Å². The van der Waals surface area contributed by atoms with Gasteiger partial charge in [0.15, 0.2) is 0 Å². The van der Waals surface area contributed by atoms with E-state index in [4.69, 9.17) is 0 Å². The van der Waals surface area contributed by atoms with Crippen molar-refractivity contribution in [3.63, 3.8) is 0 Å². The van der Waals surface area contributed by atoms with Gasteiger partial charge in [-0.2, -0.15) is 5.01 Å². The summed E-state index contributed by atoms with van der Waals surface area (Å²) in [5.74, 6) is -0.225. The molecule has 2 amide bonds. The van der Waals surface area contributed by atoms with E-state index in [1.165, 1.54) is 6.08 Å². The van der Waals surface area contributed by atoms with E-state index in [1.54, 1.807) is 18.3 Å². The third-order valence-corrected chi connectivity index (χ3v) is 5.44. The van der Waals surface area contributed by atoms with E-state index in [-0.39, 0.29) is 17.8 Å². The normalized spacial score (nSPS) is 20.4. The van der Waals surface area contributed by atoms with Crippen LogP contribution in [0, 0.1) is 0 Å². The molecule has 0 saturated carbocycles. The molecule has 2 N–H and O–H groups in total. The number of nitrogens with one attached hydrogen (secondary N) is 2. The predicted molar refractivity (Wildman–Crippen MR) is 99.4 cm³/mol. The highest BCUT2D eigenvalue weighted by Crippen LogP contribution is 2.29. The molecule has 8 heteroatoms. The molecule has 134 valence electrons. The predicted octanol–water partition coefficient (Wildman–Crippen LogP) is 2.31. The maximum atomic E-state index is 12.1. The average molecular weight is 369 g/mol. The Morgan fingerprint density at radius 1 is 1.35 bits per heavy atom. The van der Waals surface area contributed by atoms with Crippen LogP contribution in [0.2, 0.25) is 0 Å². The number of hydrogen-bond donors (Lipinski definition) is 2. The van der Waals surface area contributed by atoms with Gasteiger partial charge >= 0.3 is 0 Å². The highest BCUT2D eigenvalue weighted by atomic mass is 32.1. The Bertz CT molecular complexity index is 872. The number of aromatic nitrogens is 2. The lowest BCUT2D eigenvalue weighted by molar-refractivity contribution is -0.135. The van der Waals surface area contributed by atoms with Crippen LogP contribution in [0.15, 0.2) is 35.2 Å². The molecule has 0 aliphatic carbocycles. The van der Waals surface area contributed by atoms with E-state index in [9.17, 15) is 9.59 Å². The third-order valence-electron chi connectivity index (χ3n) is 4.55. The first-order valence-corrected chi connectivity index (χ1v) is 9.47. The summed E-state index contributed by atoms with van der Waals surface area (Å²) in [5, 5.41) is 6.35. The summed E-state index contributed by atoms with van der Waals surface area (Å²) >= 11 is 1.59. The fraction of sp³-hybridized carbons (Fsp3) is 0.333. The fourth-order valence-corrected chi connectivity index (χ4v) is 3.86. The topological polar surface area (TPSA) is 87.2 Å². The second-order valence-corrected chi connectivity index (χ2v) is 7.39. The van der Waals surface area contributed by atoms with Crippen LogP contribution in [0.1, 0.15) is 31.4 Å². The number of carbonyl (C=O) groups excluding carboxylic acids is 2. The first-order valence-electron chi connectivity index (χ1n) is 8.59. The summed E-state index contributed by atoms with van der Waals surface area (Å²) in [7, 11) is 0. The van der Waals surface area contributed by atoms with Crippen molar-refractivity contribution in [2.24, 2.45) is 0 Å². The van der Waals surface area contributed by atoms with E-state index in [0.717, 1.165) is 47.2 Å². The molecule has 0 radical (unpaired) electrons. The van der Waals surface area contributed by atoms with Crippen LogP contribution >= 0.6 is 11.3 Å².